The van der Waals surface area contributed by atoms with Crippen molar-refractivity contribution >= 4 is 17.5 Å². The molecule has 24 heavy (non-hydrogen) atoms. The fraction of sp³-hybridized carbons (Fsp3) is 0.222. The predicted octanol–water partition coefficient (Wildman–Crippen LogP) is 1.56. The van der Waals surface area contributed by atoms with Gasteiger partial charge in [-0.05, 0) is 36.2 Å². The molecule has 126 valence electrons. The van der Waals surface area contributed by atoms with E-state index in [0.29, 0.717) is 17.8 Å². The molecule has 0 saturated carbocycles. The van der Waals surface area contributed by atoms with Crippen LogP contribution in [0.2, 0.25) is 0 Å². The SMILES string of the molecule is COc1ccc(CCNC(=O)CNc2ccccc2C(N)=O)cc1. The normalized spacial score (nSPS) is 10.0. The zero-order chi connectivity index (χ0) is 17.4. The third-order valence-electron chi connectivity index (χ3n) is 3.53. The molecule has 0 aliphatic heterocycles. The standard InChI is InChI=1S/C18H21N3O3/c1-24-14-8-6-13(7-9-14)10-11-20-17(22)12-21-16-5-3-2-4-15(16)18(19)23/h2-9,21H,10-12H2,1H3,(H2,19,23)(H,20,22). The van der Waals surface area contributed by atoms with Crippen molar-refractivity contribution in [2.45, 2.75) is 6.42 Å². The van der Waals surface area contributed by atoms with Gasteiger partial charge in [0.1, 0.15) is 5.75 Å². The summed E-state index contributed by atoms with van der Waals surface area (Å²) >= 11 is 0. The molecule has 0 aliphatic rings. The van der Waals surface area contributed by atoms with Crippen LogP contribution in [-0.2, 0) is 11.2 Å². The average Bonchev–Trinajstić information content (AvgIpc) is 2.60. The molecule has 0 radical (unpaired) electrons. The van der Waals surface area contributed by atoms with E-state index < -0.39 is 5.91 Å². The predicted molar refractivity (Wildman–Crippen MR) is 93.2 cm³/mol. The maximum absolute atomic E-state index is 11.9. The number of hydrogen-bond donors (Lipinski definition) is 3. The van der Waals surface area contributed by atoms with Crippen LogP contribution < -0.4 is 21.1 Å². The van der Waals surface area contributed by atoms with E-state index in [-0.39, 0.29) is 12.5 Å². The molecule has 0 heterocycles. The monoisotopic (exact) mass is 327 g/mol. The molecule has 2 aromatic rings. The van der Waals surface area contributed by atoms with Crippen molar-refractivity contribution in [3.63, 3.8) is 0 Å². The van der Waals surface area contributed by atoms with Crippen molar-refractivity contribution in [1.29, 1.82) is 0 Å². The van der Waals surface area contributed by atoms with Crippen molar-refractivity contribution in [1.82, 2.24) is 5.32 Å². The Morgan fingerprint density at radius 2 is 1.79 bits per heavy atom. The van der Waals surface area contributed by atoms with Crippen molar-refractivity contribution in [2.75, 3.05) is 25.5 Å². The number of methoxy groups -OCH3 is 1. The number of carbonyl (C=O) groups is 2. The number of amides is 2. The number of anilines is 1. The molecule has 6 nitrogen and oxygen atoms in total. The second-order valence-corrected chi connectivity index (χ2v) is 5.21. The highest BCUT2D eigenvalue weighted by molar-refractivity contribution is 5.98. The van der Waals surface area contributed by atoms with Crippen LogP contribution >= 0.6 is 0 Å². The Morgan fingerprint density at radius 1 is 1.08 bits per heavy atom. The van der Waals surface area contributed by atoms with E-state index in [0.717, 1.165) is 17.7 Å². The number of carbonyl (C=O) groups excluding carboxylic acids is 2. The van der Waals surface area contributed by atoms with Crippen molar-refractivity contribution in [2.24, 2.45) is 5.73 Å². The molecule has 6 heteroatoms. The highest BCUT2D eigenvalue weighted by atomic mass is 16.5. The summed E-state index contributed by atoms with van der Waals surface area (Å²) < 4.78 is 5.10. The summed E-state index contributed by atoms with van der Waals surface area (Å²) in [5.41, 5.74) is 7.33. The van der Waals surface area contributed by atoms with Crippen LogP contribution in [0.25, 0.3) is 0 Å². The first kappa shape index (κ1) is 17.3. The maximum atomic E-state index is 11.9. The van der Waals surface area contributed by atoms with Crippen LogP contribution in [0, 0.1) is 0 Å². The summed E-state index contributed by atoms with van der Waals surface area (Å²) in [6, 6.07) is 14.5. The Labute approximate surface area is 141 Å². The zero-order valence-electron chi connectivity index (χ0n) is 13.5. The van der Waals surface area contributed by atoms with E-state index >= 15 is 0 Å². The third-order valence-corrected chi connectivity index (χ3v) is 3.53. The molecule has 0 saturated heterocycles. The lowest BCUT2D eigenvalue weighted by Crippen LogP contribution is -2.31. The summed E-state index contributed by atoms with van der Waals surface area (Å²) in [5, 5.41) is 5.76. The Morgan fingerprint density at radius 3 is 2.46 bits per heavy atom. The third kappa shape index (κ3) is 5.01. The fourth-order valence-electron chi connectivity index (χ4n) is 2.23. The number of nitrogens with one attached hydrogen (secondary N) is 2. The Kier molecular flexibility index (Phi) is 6.19. The van der Waals surface area contributed by atoms with Crippen LogP contribution in [0.3, 0.4) is 0 Å². The number of primary amides is 1. The van der Waals surface area contributed by atoms with Gasteiger partial charge in [-0.3, -0.25) is 9.59 Å². The van der Waals surface area contributed by atoms with Gasteiger partial charge in [0.15, 0.2) is 0 Å². The van der Waals surface area contributed by atoms with Gasteiger partial charge in [-0.2, -0.15) is 0 Å². The quantitative estimate of drug-likeness (QED) is 0.686. The Balaban J connectivity index is 1.76. The lowest BCUT2D eigenvalue weighted by molar-refractivity contribution is -0.119. The lowest BCUT2D eigenvalue weighted by Gasteiger charge is -2.10. The van der Waals surface area contributed by atoms with Gasteiger partial charge in [0.25, 0.3) is 5.91 Å². The van der Waals surface area contributed by atoms with Crippen LogP contribution in [-0.4, -0.2) is 32.0 Å². The molecular weight excluding hydrogens is 306 g/mol. The van der Waals surface area contributed by atoms with Crippen LogP contribution in [0.1, 0.15) is 15.9 Å². The summed E-state index contributed by atoms with van der Waals surface area (Å²) in [4.78, 5) is 23.2. The first-order valence-corrected chi connectivity index (χ1v) is 7.62. The first-order valence-electron chi connectivity index (χ1n) is 7.62. The molecule has 2 rings (SSSR count). The van der Waals surface area contributed by atoms with Gasteiger partial charge in [0, 0.05) is 12.2 Å². The van der Waals surface area contributed by atoms with Gasteiger partial charge >= 0.3 is 0 Å². The van der Waals surface area contributed by atoms with E-state index in [1.54, 1.807) is 31.4 Å². The van der Waals surface area contributed by atoms with E-state index in [9.17, 15) is 9.59 Å². The average molecular weight is 327 g/mol. The fourth-order valence-corrected chi connectivity index (χ4v) is 2.23. The molecule has 0 aromatic heterocycles. The molecular formula is C18H21N3O3. The van der Waals surface area contributed by atoms with E-state index in [2.05, 4.69) is 10.6 Å². The smallest absolute Gasteiger partial charge is 0.250 e. The minimum Gasteiger partial charge on any atom is -0.497 e. The Hall–Kier alpha value is -3.02. The molecule has 0 fully saturated rings. The number of rotatable bonds is 8. The molecule has 0 spiro atoms. The van der Waals surface area contributed by atoms with Gasteiger partial charge in [0.2, 0.25) is 5.91 Å². The minimum absolute atomic E-state index is 0.0763. The molecule has 2 aromatic carbocycles. The number of benzene rings is 2. The molecule has 0 bridgehead atoms. The molecule has 0 aliphatic carbocycles. The summed E-state index contributed by atoms with van der Waals surface area (Å²) in [6.07, 6.45) is 0.730. The minimum atomic E-state index is -0.530. The van der Waals surface area contributed by atoms with Crippen LogP contribution in [0.4, 0.5) is 5.69 Å². The molecule has 4 N–H and O–H groups in total. The van der Waals surface area contributed by atoms with Crippen molar-refractivity contribution in [3.8, 4) is 5.75 Å². The largest absolute Gasteiger partial charge is 0.497 e. The summed E-state index contributed by atoms with van der Waals surface area (Å²) in [6.45, 7) is 0.608. The first-order chi connectivity index (χ1) is 11.6. The molecule has 2 amide bonds. The second-order valence-electron chi connectivity index (χ2n) is 5.21. The highest BCUT2D eigenvalue weighted by Crippen LogP contribution is 2.13. The van der Waals surface area contributed by atoms with E-state index in [1.165, 1.54) is 0 Å². The van der Waals surface area contributed by atoms with E-state index in [4.69, 9.17) is 10.5 Å². The lowest BCUT2D eigenvalue weighted by atomic mass is 10.1. The number of para-hydroxylation sites is 1. The number of nitrogens with two attached hydrogens (primary N) is 1. The van der Waals surface area contributed by atoms with E-state index in [1.807, 2.05) is 24.3 Å². The Bertz CT molecular complexity index is 699. The second kappa shape index (κ2) is 8.57. The summed E-state index contributed by atoms with van der Waals surface area (Å²) in [7, 11) is 1.62. The molecule has 0 unspecified atom stereocenters. The van der Waals surface area contributed by atoms with Crippen LogP contribution in [0.5, 0.6) is 5.75 Å². The number of ether oxygens (including phenoxy) is 1. The van der Waals surface area contributed by atoms with Crippen molar-refractivity contribution in [3.05, 3.63) is 59.7 Å². The zero-order valence-corrected chi connectivity index (χ0v) is 13.5. The van der Waals surface area contributed by atoms with Gasteiger partial charge < -0.3 is 21.1 Å². The van der Waals surface area contributed by atoms with Gasteiger partial charge in [-0.15, -0.1) is 0 Å². The number of hydrogen-bond acceptors (Lipinski definition) is 4. The maximum Gasteiger partial charge on any atom is 0.250 e. The van der Waals surface area contributed by atoms with Gasteiger partial charge in [0.05, 0.1) is 19.2 Å². The van der Waals surface area contributed by atoms with Gasteiger partial charge in [-0.1, -0.05) is 24.3 Å². The van der Waals surface area contributed by atoms with Crippen molar-refractivity contribution < 1.29 is 14.3 Å². The molecule has 0 atom stereocenters. The highest BCUT2D eigenvalue weighted by Gasteiger charge is 2.08. The van der Waals surface area contributed by atoms with Crippen LogP contribution in [0.15, 0.2) is 48.5 Å². The topological polar surface area (TPSA) is 93.4 Å². The van der Waals surface area contributed by atoms with Gasteiger partial charge in [-0.25, -0.2) is 0 Å². The summed E-state index contributed by atoms with van der Waals surface area (Å²) in [5.74, 6) is 0.126.